The SMILES string of the molecule is [N-]=[N+]=Nc1cc(F)c(-n2cnc(C=O)c2)c(F)c1. The Bertz CT molecular complexity index is 637. The minimum Gasteiger partial charge on any atom is -0.300 e. The molecule has 1 aromatic carbocycles. The standard InChI is InChI=1S/C10H5F2N5O/c11-8-1-6(15-16-13)2-9(12)10(8)17-3-7(4-18)14-5-17/h1-5H. The van der Waals surface area contributed by atoms with Crippen molar-refractivity contribution in [1.82, 2.24) is 9.55 Å². The molecule has 2 rings (SSSR count). The highest BCUT2D eigenvalue weighted by molar-refractivity contribution is 5.71. The van der Waals surface area contributed by atoms with Crippen LogP contribution in [-0.2, 0) is 0 Å². The van der Waals surface area contributed by atoms with Gasteiger partial charge in [0, 0.05) is 16.8 Å². The number of imidazole rings is 1. The minimum atomic E-state index is -0.924. The molecular weight excluding hydrogens is 244 g/mol. The molecule has 0 unspecified atom stereocenters. The maximum absolute atomic E-state index is 13.7. The number of benzene rings is 1. The van der Waals surface area contributed by atoms with Crippen LogP contribution in [0, 0.1) is 11.6 Å². The molecule has 2 aromatic rings. The number of rotatable bonds is 3. The Hall–Kier alpha value is -2.73. The highest BCUT2D eigenvalue weighted by Crippen LogP contribution is 2.24. The van der Waals surface area contributed by atoms with Crippen molar-refractivity contribution in [2.45, 2.75) is 0 Å². The van der Waals surface area contributed by atoms with Crippen molar-refractivity contribution in [2.75, 3.05) is 0 Å². The summed E-state index contributed by atoms with van der Waals surface area (Å²) in [5.41, 5.74) is 7.66. The molecule has 18 heavy (non-hydrogen) atoms. The number of carbonyl (C=O) groups is 1. The zero-order valence-electron chi connectivity index (χ0n) is 8.79. The normalized spacial score (nSPS) is 9.89. The van der Waals surface area contributed by atoms with Crippen molar-refractivity contribution in [2.24, 2.45) is 5.11 Å². The van der Waals surface area contributed by atoms with E-state index in [0.29, 0.717) is 6.29 Å². The van der Waals surface area contributed by atoms with Crippen molar-refractivity contribution in [3.05, 3.63) is 52.4 Å². The summed E-state index contributed by atoms with van der Waals surface area (Å²) in [4.78, 5) is 16.5. The third-order valence-corrected chi connectivity index (χ3v) is 2.14. The van der Waals surface area contributed by atoms with Crippen LogP contribution >= 0.6 is 0 Å². The molecule has 8 heteroatoms. The zero-order valence-corrected chi connectivity index (χ0v) is 8.79. The van der Waals surface area contributed by atoms with Crippen LogP contribution in [0.5, 0.6) is 0 Å². The molecule has 0 amide bonds. The largest absolute Gasteiger partial charge is 0.300 e. The van der Waals surface area contributed by atoms with Gasteiger partial charge in [0.05, 0.1) is 0 Å². The fraction of sp³-hybridized carbons (Fsp3) is 0. The Morgan fingerprint density at radius 1 is 1.39 bits per heavy atom. The van der Waals surface area contributed by atoms with Crippen LogP contribution in [0.25, 0.3) is 16.1 Å². The molecule has 90 valence electrons. The second-order valence-corrected chi connectivity index (χ2v) is 3.27. The van der Waals surface area contributed by atoms with Gasteiger partial charge in [-0.05, 0) is 17.7 Å². The van der Waals surface area contributed by atoms with Gasteiger partial charge in [-0.3, -0.25) is 4.79 Å². The van der Waals surface area contributed by atoms with Gasteiger partial charge < -0.3 is 4.57 Å². The monoisotopic (exact) mass is 249 g/mol. The third-order valence-electron chi connectivity index (χ3n) is 2.14. The first-order chi connectivity index (χ1) is 8.65. The third kappa shape index (κ3) is 2.04. The van der Waals surface area contributed by atoms with Crippen LogP contribution in [0.1, 0.15) is 10.5 Å². The predicted molar refractivity (Wildman–Crippen MR) is 57.7 cm³/mol. The molecule has 0 aliphatic carbocycles. The van der Waals surface area contributed by atoms with E-state index in [1.165, 1.54) is 6.20 Å². The van der Waals surface area contributed by atoms with Gasteiger partial charge in [-0.15, -0.1) is 0 Å². The quantitative estimate of drug-likeness (QED) is 0.362. The summed E-state index contributed by atoms with van der Waals surface area (Å²) in [6.45, 7) is 0. The smallest absolute Gasteiger partial charge is 0.170 e. The lowest BCUT2D eigenvalue weighted by Gasteiger charge is -2.06. The molecule has 0 saturated heterocycles. The molecule has 0 aliphatic heterocycles. The first-order valence-corrected chi connectivity index (χ1v) is 4.69. The van der Waals surface area contributed by atoms with E-state index in [1.54, 1.807) is 0 Å². The van der Waals surface area contributed by atoms with Crippen molar-refractivity contribution in [3.8, 4) is 5.69 Å². The van der Waals surface area contributed by atoms with Crippen molar-refractivity contribution in [1.29, 1.82) is 0 Å². The molecule has 0 spiro atoms. The molecule has 0 bridgehead atoms. The van der Waals surface area contributed by atoms with Gasteiger partial charge in [0.25, 0.3) is 0 Å². The molecule has 0 fully saturated rings. The lowest BCUT2D eigenvalue weighted by molar-refractivity contribution is 0.111. The molecule has 6 nitrogen and oxygen atoms in total. The van der Waals surface area contributed by atoms with Crippen LogP contribution in [0.3, 0.4) is 0 Å². The van der Waals surface area contributed by atoms with Gasteiger partial charge in [0.15, 0.2) is 17.9 Å². The average Bonchev–Trinajstić information content (AvgIpc) is 2.77. The molecule has 0 aliphatic rings. The number of nitrogens with zero attached hydrogens (tertiary/aromatic N) is 5. The Kier molecular flexibility index (Phi) is 3.03. The molecule has 1 heterocycles. The second-order valence-electron chi connectivity index (χ2n) is 3.27. The van der Waals surface area contributed by atoms with Crippen LogP contribution < -0.4 is 0 Å². The van der Waals surface area contributed by atoms with Gasteiger partial charge in [-0.25, -0.2) is 13.8 Å². The summed E-state index contributed by atoms with van der Waals surface area (Å²) in [6, 6.07) is 1.78. The summed E-state index contributed by atoms with van der Waals surface area (Å²) in [5.74, 6) is -1.85. The molecule has 0 atom stereocenters. The fourth-order valence-corrected chi connectivity index (χ4v) is 1.43. The topological polar surface area (TPSA) is 83.7 Å². The van der Waals surface area contributed by atoms with Crippen molar-refractivity contribution >= 4 is 12.0 Å². The average molecular weight is 249 g/mol. The molecule has 0 saturated carbocycles. The first kappa shape index (κ1) is 11.7. The van der Waals surface area contributed by atoms with Crippen LogP contribution in [0.4, 0.5) is 14.5 Å². The van der Waals surface area contributed by atoms with Gasteiger partial charge >= 0.3 is 0 Å². The van der Waals surface area contributed by atoms with Crippen LogP contribution in [0.15, 0.2) is 29.8 Å². The number of hydrogen-bond acceptors (Lipinski definition) is 3. The van der Waals surface area contributed by atoms with E-state index in [4.69, 9.17) is 5.53 Å². The summed E-state index contributed by atoms with van der Waals surface area (Å²) < 4.78 is 28.4. The van der Waals surface area contributed by atoms with Crippen molar-refractivity contribution < 1.29 is 13.6 Å². The molecule has 0 N–H and O–H groups in total. The molecule has 0 radical (unpaired) electrons. The Morgan fingerprint density at radius 3 is 2.56 bits per heavy atom. The minimum absolute atomic E-state index is 0.0490. The van der Waals surface area contributed by atoms with Gasteiger partial charge in [0.2, 0.25) is 0 Å². The Labute approximate surface area is 99.1 Å². The highest BCUT2D eigenvalue weighted by Gasteiger charge is 2.13. The fourth-order valence-electron chi connectivity index (χ4n) is 1.43. The van der Waals surface area contributed by atoms with E-state index in [0.717, 1.165) is 23.0 Å². The van der Waals surface area contributed by atoms with Gasteiger partial charge in [0.1, 0.15) is 17.7 Å². The molecular formula is C10H5F2N5O. The van der Waals surface area contributed by atoms with Crippen LogP contribution in [0.2, 0.25) is 0 Å². The van der Waals surface area contributed by atoms with E-state index >= 15 is 0 Å². The molecule has 1 aromatic heterocycles. The summed E-state index contributed by atoms with van der Waals surface area (Å²) in [6.07, 6.45) is 2.75. The number of hydrogen-bond donors (Lipinski definition) is 0. The lowest BCUT2D eigenvalue weighted by Crippen LogP contribution is -1.98. The number of aromatic nitrogens is 2. The zero-order chi connectivity index (χ0) is 13.1. The lowest BCUT2D eigenvalue weighted by atomic mass is 10.2. The van der Waals surface area contributed by atoms with Gasteiger partial charge in [-0.1, -0.05) is 5.11 Å². The van der Waals surface area contributed by atoms with Crippen molar-refractivity contribution in [3.63, 3.8) is 0 Å². The summed E-state index contributed by atoms with van der Waals surface area (Å²) >= 11 is 0. The predicted octanol–water partition coefficient (Wildman–Crippen LogP) is 2.90. The van der Waals surface area contributed by atoms with E-state index in [2.05, 4.69) is 15.0 Å². The maximum Gasteiger partial charge on any atom is 0.170 e. The van der Waals surface area contributed by atoms with E-state index in [9.17, 15) is 13.6 Å². The second kappa shape index (κ2) is 4.64. The number of carbonyl (C=O) groups excluding carboxylic acids is 1. The Balaban J connectivity index is 2.57. The van der Waals surface area contributed by atoms with Gasteiger partial charge in [-0.2, -0.15) is 0 Å². The maximum atomic E-state index is 13.7. The first-order valence-electron chi connectivity index (χ1n) is 4.69. The van der Waals surface area contributed by atoms with E-state index < -0.39 is 17.3 Å². The number of halogens is 2. The van der Waals surface area contributed by atoms with Crippen LogP contribution in [-0.4, -0.2) is 15.8 Å². The van der Waals surface area contributed by atoms with E-state index in [-0.39, 0.29) is 11.4 Å². The number of aldehydes is 1. The number of azide groups is 1. The van der Waals surface area contributed by atoms with E-state index in [1.807, 2.05) is 0 Å². The Morgan fingerprint density at radius 2 is 2.06 bits per heavy atom. The summed E-state index contributed by atoms with van der Waals surface area (Å²) in [5, 5.41) is 3.10. The highest BCUT2D eigenvalue weighted by atomic mass is 19.1. The summed E-state index contributed by atoms with van der Waals surface area (Å²) in [7, 11) is 0.